The van der Waals surface area contributed by atoms with Crippen molar-refractivity contribution in [1.29, 1.82) is 0 Å². The van der Waals surface area contributed by atoms with Gasteiger partial charge in [0.15, 0.2) is 0 Å². The first-order chi connectivity index (χ1) is 8.61. The lowest BCUT2D eigenvalue weighted by Gasteiger charge is -2.18. The number of aryl methyl sites for hydroxylation is 1. The van der Waals surface area contributed by atoms with Crippen molar-refractivity contribution in [1.82, 2.24) is 4.57 Å². The van der Waals surface area contributed by atoms with Gasteiger partial charge in [-0.15, -0.1) is 0 Å². The summed E-state index contributed by atoms with van der Waals surface area (Å²) in [4.78, 5) is 12.3. The van der Waals surface area contributed by atoms with Crippen LogP contribution in [-0.2, 0) is 19.9 Å². The minimum atomic E-state index is 0.233. The summed E-state index contributed by atoms with van der Waals surface area (Å²) >= 11 is 0. The summed E-state index contributed by atoms with van der Waals surface area (Å²) in [6.07, 6.45) is 10.4. The Morgan fingerprint density at radius 2 is 1.56 bits per heavy atom. The molecule has 100 valence electrons. The van der Waals surface area contributed by atoms with Crippen LogP contribution in [0.15, 0.2) is 11.0 Å². The molecule has 0 aliphatic heterocycles. The molecule has 1 aromatic rings. The Hall–Kier alpha value is -1.05. The molecule has 0 amide bonds. The second-order valence-electron chi connectivity index (χ2n) is 5.88. The van der Waals surface area contributed by atoms with Crippen LogP contribution < -0.4 is 5.56 Å². The van der Waals surface area contributed by atoms with Crippen LogP contribution in [0.1, 0.15) is 68.6 Å². The first-order valence-corrected chi connectivity index (χ1v) is 7.32. The smallest absolute Gasteiger partial charge is 0.253 e. The van der Waals surface area contributed by atoms with Crippen LogP contribution >= 0.6 is 0 Å². The Morgan fingerprint density at radius 3 is 2.17 bits per heavy atom. The number of hydrogen-bond acceptors (Lipinski definition) is 1. The topological polar surface area (TPSA) is 22.0 Å². The van der Waals surface area contributed by atoms with E-state index in [9.17, 15) is 4.79 Å². The molecule has 0 unspecified atom stereocenters. The third-order valence-corrected chi connectivity index (χ3v) is 4.10. The fourth-order valence-electron chi connectivity index (χ4n) is 3.05. The number of rotatable bonds is 1. The number of fused-ring (bicyclic) bond motifs is 1. The van der Waals surface area contributed by atoms with Crippen molar-refractivity contribution in [2.45, 2.75) is 64.7 Å². The number of aromatic nitrogens is 1. The molecule has 2 nitrogen and oxygen atoms in total. The Kier molecular flexibility index (Phi) is 4.26. The van der Waals surface area contributed by atoms with Gasteiger partial charge in [0, 0.05) is 18.8 Å². The van der Waals surface area contributed by atoms with Crippen molar-refractivity contribution < 1.29 is 0 Å². The highest BCUT2D eigenvalue weighted by Crippen LogP contribution is 2.25. The zero-order chi connectivity index (χ0) is 13.1. The van der Waals surface area contributed by atoms with Gasteiger partial charge in [-0.25, -0.2) is 0 Å². The molecular formula is C16H25NO. The molecule has 2 rings (SSSR count). The van der Waals surface area contributed by atoms with Crippen molar-refractivity contribution in [3.63, 3.8) is 0 Å². The van der Waals surface area contributed by atoms with Gasteiger partial charge >= 0.3 is 0 Å². The van der Waals surface area contributed by atoms with Gasteiger partial charge in [0.1, 0.15) is 0 Å². The van der Waals surface area contributed by atoms with Gasteiger partial charge in [-0.05, 0) is 42.7 Å². The van der Waals surface area contributed by atoms with E-state index in [0.717, 1.165) is 18.4 Å². The van der Waals surface area contributed by atoms with Gasteiger partial charge in [0.25, 0.3) is 5.56 Å². The largest absolute Gasteiger partial charge is 0.318 e. The first kappa shape index (κ1) is 13.4. The van der Waals surface area contributed by atoms with Crippen LogP contribution in [0, 0.1) is 0 Å². The van der Waals surface area contributed by atoms with E-state index in [1.165, 1.54) is 43.2 Å². The highest BCUT2D eigenvalue weighted by atomic mass is 16.1. The van der Waals surface area contributed by atoms with Gasteiger partial charge in [-0.3, -0.25) is 4.79 Å². The van der Waals surface area contributed by atoms with E-state index < -0.39 is 0 Å². The maximum atomic E-state index is 12.3. The lowest BCUT2D eigenvalue weighted by molar-refractivity contribution is 0.628. The molecule has 0 spiro atoms. The first-order valence-electron chi connectivity index (χ1n) is 7.32. The average Bonchev–Trinajstić information content (AvgIpc) is 2.45. The zero-order valence-corrected chi connectivity index (χ0v) is 12.0. The van der Waals surface area contributed by atoms with Crippen LogP contribution in [0.5, 0.6) is 0 Å². The standard InChI is InChI=1S/C16H25NO/c1-12(2)15-11-17(3)16(18)14-10-8-6-4-5-7-9-13(14)15/h11-12H,4-10H2,1-3H3. The van der Waals surface area contributed by atoms with E-state index in [2.05, 4.69) is 20.0 Å². The van der Waals surface area contributed by atoms with Gasteiger partial charge < -0.3 is 4.57 Å². The highest BCUT2D eigenvalue weighted by Gasteiger charge is 2.17. The monoisotopic (exact) mass is 247 g/mol. The van der Waals surface area contributed by atoms with E-state index in [1.807, 2.05) is 7.05 Å². The molecule has 18 heavy (non-hydrogen) atoms. The fraction of sp³-hybridized carbons (Fsp3) is 0.688. The predicted molar refractivity (Wildman–Crippen MR) is 76.3 cm³/mol. The highest BCUT2D eigenvalue weighted by molar-refractivity contribution is 5.35. The Morgan fingerprint density at radius 1 is 1.00 bits per heavy atom. The van der Waals surface area contributed by atoms with Crippen molar-refractivity contribution in [3.05, 3.63) is 33.2 Å². The molecule has 1 aliphatic rings. The lowest BCUT2D eigenvalue weighted by atomic mass is 9.91. The third kappa shape index (κ3) is 2.68. The van der Waals surface area contributed by atoms with Gasteiger partial charge in [-0.2, -0.15) is 0 Å². The Labute approximate surface area is 110 Å². The third-order valence-electron chi connectivity index (χ3n) is 4.10. The van der Waals surface area contributed by atoms with Crippen LogP contribution in [0.3, 0.4) is 0 Å². The molecule has 0 bridgehead atoms. The van der Waals surface area contributed by atoms with Crippen LogP contribution in [0.2, 0.25) is 0 Å². The van der Waals surface area contributed by atoms with E-state index in [4.69, 9.17) is 0 Å². The molecule has 0 saturated carbocycles. The quantitative estimate of drug-likeness (QED) is 0.743. The molecule has 1 heterocycles. The minimum absolute atomic E-state index is 0.233. The molecular weight excluding hydrogens is 222 g/mol. The SMILES string of the molecule is CC(C)c1cn(C)c(=O)c2c1CCCCCCC2. The second kappa shape index (κ2) is 5.73. The molecule has 0 N–H and O–H groups in total. The number of pyridine rings is 1. The van der Waals surface area contributed by atoms with Crippen molar-refractivity contribution in [2.75, 3.05) is 0 Å². The summed E-state index contributed by atoms with van der Waals surface area (Å²) in [6.45, 7) is 4.46. The normalized spacial score (nSPS) is 16.9. The summed E-state index contributed by atoms with van der Waals surface area (Å²) in [5.74, 6) is 0.506. The molecule has 0 fully saturated rings. The minimum Gasteiger partial charge on any atom is -0.318 e. The molecule has 0 saturated heterocycles. The zero-order valence-electron chi connectivity index (χ0n) is 12.0. The Bertz CT molecular complexity index is 471. The lowest BCUT2D eigenvalue weighted by Crippen LogP contribution is -2.25. The number of hydrogen-bond donors (Lipinski definition) is 0. The summed E-state index contributed by atoms with van der Waals surface area (Å²) in [5, 5.41) is 0. The molecule has 1 aromatic heterocycles. The van der Waals surface area contributed by atoms with Gasteiger partial charge in [0.05, 0.1) is 0 Å². The molecule has 2 heteroatoms. The summed E-state index contributed by atoms with van der Waals surface area (Å²) < 4.78 is 1.78. The summed E-state index contributed by atoms with van der Waals surface area (Å²) in [7, 11) is 1.89. The average molecular weight is 247 g/mol. The van der Waals surface area contributed by atoms with Crippen LogP contribution in [0.4, 0.5) is 0 Å². The maximum absolute atomic E-state index is 12.3. The molecule has 0 radical (unpaired) electrons. The van der Waals surface area contributed by atoms with Gasteiger partial charge in [-0.1, -0.05) is 33.1 Å². The van der Waals surface area contributed by atoms with E-state index >= 15 is 0 Å². The maximum Gasteiger partial charge on any atom is 0.253 e. The Balaban J connectivity index is 2.54. The summed E-state index contributed by atoms with van der Waals surface area (Å²) in [5.41, 5.74) is 4.09. The molecule has 0 atom stereocenters. The number of nitrogens with zero attached hydrogens (tertiary/aromatic N) is 1. The fourth-order valence-corrected chi connectivity index (χ4v) is 3.05. The molecule has 0 aromatic carbocycles. The van der Waals surface area contributed by atoms with E-state index in [0.29, 0.717) is 5.92 Å². The van der Waals surface area contributed by atoms with Crippen molar-refractivity contribution >= 4 is 0 Å². The predicted octanol–water partition coefficient (Wildman–Crippen LogP) is 3.56. The summed E-state index contributed by atoms with van der Waals surface area (Å²) in [6, 6.07) is 0. The second-order valence-corrected chi connectivity index (χ2v) is 5.88. The van der Waals surface area contributed by atoms with Crippen molar-refractivity contribution in [2.24, 2.45) is 7.05 Å². The van der Waals surface area contributed by atoms with Gasteiger partial charge in [0.2, 0.25) is 0 Å². The van der Waals surface area contributed by atoms with Crippen LogP contribution in [-0.4, -0.2) is 4.57 Å². The molecule has 1 aliphatic carbocycles. The van der Waals surface area contributed by atoms with Crippen molar-refractivity contribution in [3.8, 4) is 0 Å². The van der Waals surface area contributed by atoms with E-state index in [1.54, 1.807) is 4.57 Å². The van der Waals surface area contributed by atoms with E-state index in [-0.39, 0.29) is 5.56 Å². The van der Waals surface area contributed by atoms with Crippen LogP contribution in [0.25, 0.3) is 0 Å².